The molecule has 0 saturated carbocycles. The van der Waals surface area contributed by atoms with E-state index in [0.717, 1.165) is 43.8 Å². The fraction of sp³-hybridized carbons (Fsp3) is 0.600. The second kappa shape index (κ2) is 5.94. The second-order valence-corrected chi connectivity index (χ2v) is 6.66. The molecule has 106 valence electrons. The monoisotopic (exact) mass is 289 g/mol. The molecular formula is C15H19N3OS. The largest absolute Gasteiger partial charge is 0.316 e. The van der Waals surface area contributed by atoms with Crippen LogP contribution >= 0.6 is 11.3 Å². The molecule has 0 bridgehead atoms. The summed E-state index contributed by atoms with van der Waals surface area (Å²) < 4.78 is 0. The molecule has 1 aromatic rings. The van der Waals surface area contributed by atoms with Crippen molar-refractivity contribution >= 4 is 22.2 Å². The number of nitrogens with one attached hydrogen (secondary N) is 2. The van der Waals surface area contributed by atoms with Gasteiger partial charge in [-0.3, -0.25) is 4.79 Å². The van der Waals surface area contributed by atoms with E-state index in [1.807, 2.05) is 0 Å². The summed E-state index contributed by atoms with van der Waals surface area (Å²) in [5.41, 5.74) is 1.90. The Hall–Kier alpha value is -1.38. The van der Waals surface area contributed by atoms with Crippen molar-refractivity contribution < 1.29 is 4.79 Å². The fourth-order valence-corrected chi connectivity index (χ4v) is 4.28. The van der Waals surface area contributed by atoms with Gasteiger partial charge >= 0.3 is 0 Å². The van der Waals surface area contributed by atoms with Crippen LogP contribution in [0.3, 0.4) is 0 Å². The lowest BCUT2D eigenvalue weighted by molar-refractivity contribution is -0.119. The molecule has 3 rings (SSSR count). The molecule has 2 N–H and O–H groups in total. The molecule has 1 saturated heterocycles. The molecule has 1 atom stereocenters. The van der Waals surface area contributed by atoms with E-state index in [1.54, 1.807) is 11.3 Å². The molecule has 1 aromatic heterocycles. The van der Waals surface area contributed by atoms with Gasteiger partial charge in [0.2, 0.25) is 5.91 Å². The van der Waals surface area contributed by atoms with E-state index in [-0.39, 0.29) is 11.8 Å². The Morgan fingerprint density at radius 3 is 2.95 bits per heavy atom. The summed E-state index contributed by atoms with van der Waals surface area (Å²) in [7, 11) is 0. The predicted molar refractivity (Wildman–Crippen MR) is 79.9 cm³/mol. The first kappa shape index (κ1) is 13.6. The first-order valence-electron chi connectivity index (χ1n) is 7.36. The maximum absolute atomic E-state index is 12.2. The summed E-state index contributed by atoms with van der Waals surface area (Å²) in [5.74, 6) is 0.103. The number of carbonyl (C=O) groups is 1. The lowest BCUT2D eigenvalue weighted by Gasteiger charge is -2.08. The zero-order chi connectivity index (χ0) is 13.9. The molecule has 1 aliphatic carbocycles. The summed E-state index contributed by atoms with van der Waals surface area (Å²) >= 11 is 1.61. The van der Waals surface area contributed by atoms with Crippen LogP contribution in [0.15, 0.2) is 0 Å². The molecule has 5 heteroatoms. The molecule has 0 radical (unpaired) electrons. The normalized spacial score (nSPS) is 21.9. The number of carbonyl (C=O) groups excluding carboxylic acids is 1. The maximum atomic E-state index is 12.2. The number of amides is 1. The third kappa shape index (κ3) is 2.58. The summed E-state index contributed by atoms with van der Waals surface area (Å²) in [4.78, 5) is 13.5. The molecular weight excluding hydrogens is 270 g/mol. The van der Waals surface area contributed by atoms with Gasteiger partial charge in [0.1, 0.15) is 11.1 Å². The Morgan fingerprint density at radius 2 is 2.20 bits per heavy atom. The Labute approximate surface area is 123 Å². The average Bonchev–Trinajstić information content (AvgIpc) is 3.02. The summed E-state index contributed by atoms with van der Waals surface area (Å²) in [6, 6.07) is 2.31. The molecule has 4 nitrogen and oxygen atoms in total. The minimum absolute atomic E-state index is 0.0449. The van der Waals surface area contributed by atoms with Crippen molar-refractivity contribution in [3.8, 4) is 6.07 Å². The summed E-state index contributed by atoms with van der Waals surface area (Å²) in [6.45, 7) is 1.66. The van der Waals surface area contributed by atoms with E-state index in [9.17, 15) is 10.1 Å². The van der Waals surface area contributed by atoms with Gasteiger partial charge in [-0.1, -0.05) is 6.42 Å². The molecule has 1 fully saturated rings. The minimum Gasteiger partial charge on any atom is -0.316 e. The van der Waals surface area contributed by atoms with Crippen LogP contribution in [0.1, 0.15) is 41.7 Å². The van der Waals surface area contributed by atoms with E-state index in [2.05, 4.69) is 16.7 Å². The Morgan fingerprint density at radius 1 is 1.35 bits per heavy atom. The first-order valence-corrected chi connectivity index (χ1v) is 8.17. The van der Waals surface area contributed by atoms with E-state index >= 15 is 0 Å². The highest BCUT2D eigenvalue weighted by molar-refractivity contribution is 7.16. The van der Waals surface area contributed by atoms with Crippen molar-refractivity contribution in [3.63, 3.8) is 0 Å². The number of nitriles is 1. The lowest BCUT2D eigenvalue weighted by Crippen LogP contribution is -2.24. The van der Waals surface area contributed by atoms with Crippen LogP contribution in [0.4, 0.5) is 5.00 Å². The van der Waals surface area contributed by atoms with Gasteiger partial charge in [-0.2, -0.15) is 5.26 Å². The van der Waals surface area contributed by atoms with E-state index in [4.69, 9.17) is 0 Å². The van der Waals surface area contributed by atoms with Crippen LogP contribution < -0.4 is 10.6 Å². The van der Waals surface area contributed by atoms with Crippen LogP contribution in [0, 0.1) is 17.2 Å². The third-order valence-electron chi connectivity index (χ3n) is 4.20. The zero-order valence-corrected chi connectivity index (χ0v) is 12.3. The molecule has 0 aromatic carbocycles. The van der Waals surface area contributed by atoms with E-state index < -0.39 is 0 Å². The van der Waals surface area contributed by atoms with Crippen molar-refractivity contribution in [2.24, 2.45) is 5.92 Å². The third-order valence-corrected chi connectivity index (χ3v) is 5.41. The Bertz CT molecular complexity index is 552. The van der Waals surface area contributed by atoms with Crippen molar-refractivity contribution in [2.75, 3.05) is 18.4 Å². The van der Waals surface area contributed by atoms with Crippen molar-refractivity contribution in [2.45, 2.75) is 38.5 Å². The molecule has 1 aliphatic heterocycles. The minimum atomic E-state index is 0.0449. The Kier molecular flexibility index (Phi) is 4.04. The topological polar surface area (TPSA) is 64.9 Å². The number of fused-ring (bicyclic) bond motifs is 1. The SMILES string of the molecule is N#Cc1c(NC(=O)C2CCNC2)sc2c1CCCCC2. The van der Waals surface area contributed by atoms with Crippen LogP contribution in [-0.4, -0.2) is 19.0 Å². The number of aryl methyl sites for hydroxylation is 1. The highest BCUT2D eigenvalue weighted by Crippen LogP contribution is 2.37. The quantitative estimate of drug-likeness (QED) is 0.822. The highest BCUT2D eigenvalue weighted by atomic mass is 32.1. The molecule has 1 amide bonds. The Balaban J connectivity index is 1.82. The maximum Gasteiger partial charge on any atom is 0.229 e. The molecule has 2 aliphatic rings. The van der Waals surface area contributed by atoms with Gasteiger partial charge < -0.3 is 10.6 Å². The number of hydrogen-bond donors (Lipinski definition) is 2. The molecule has 0 spiro atoms. The van der Waals surface area contributed by atoms with Crippen LogP contribution in [0.5, 0.6) is 0 Å². The van der Waals surface area contributed by atoms with Gasteiger partial charge in [-0.15, -0.1) is 11.3 Å². The summed E-state index contributed by atoms with van der Waals surface area (Å²) in [5, 5.41) is 16.4. The first-order chi connectivity index (χ1) is 9.79. The zero-order valence-electron chi connectivity index (χ0n) is 11.5. The molecule has 1 unspecified atom stereocenters. The average molecular weight is 289 g/mol. The number of thiophene rings is 1. The van der Waals surface area contributed by atoms with Gasteiger partial charge in [-0.05, 0) is 44.2 Å². The van der Waals surface area contributed by atoms with Crippen molar-refractivity contribution in [3.05, 3.63) is 16.0 Å². The number of rotatable bonds is 2. The van der Waals surface area contributed by atoms with E-state index in [1.165, 1.54) is 23.3 Å². The van der Waals surface area contributed by atoms with Gasteiger partial charge in [0, 0.05) is 11.4 Å². The van der Waals surface area contributed by atoms with Gasteiger partial charge in [0.25, 0.3) is 0 Å². The highest BCUT2D eigenvalue weighted by Gasteiger charge is 2.26. The summed E-state index contributed by atoms with van der Waals surface area (Å²) in [6.07, 6.45) is 6.50. The fourth-order valence-electron chi connectivity index (χ4n) is 3.04. The lowest BCUT2D eigenvalue weighted by atomic mass is 10.1. The molecule has 2 heterocycles. The second-order valence-electron chi connectivity index (χ2n) is 5.56. The predicted octanol–water partition coefficient (Wildman–Crippen LogP) is 2.44. The number of anilines is 1. The van der Waals surface area contributed by atoms with Crippen molar-refractivity contribution in [1.82, 2.24) is 5.32 Å². The number of hydrogen-bond acceptors (Lipinski definition) is 4. The smallest absolute Gasteiger partial charge is 0.229 e. The van der Waals surface area contributed by atoms with E-state index in [0.29, 0.717) is 5.56 Å². The number of nitrogens with zero attached hydrogens (tertiary/aromatic N) is 1. The van der Waals surface area contributed by atoms with Gasteiger partial charge in [0.05, 0.1) is 11.5 Å². The molecule has 20 heavy (non-hydrogen) atoms. The van der Waals surface area contributed by atoms with Crippen LogP contribution in [0.25, 0.3) is 0 Å². The van der Waals surface area contributed by atoms with Gasteiger partial charge in [0.15, 0.2) is 0 Å². The van der Waals surface area contributed by atoms with Crippen LogP contribution in [0.2, 0.25) is 0 Å². The van der Waals surface area contributed by atoms with Crippen LogP contribution in [-0.2, 0) is 17.6 Å². The van der Waals surface area contributed by atoms with Gasteiger partial charge in [-0.25, -0.2) is 0 Å². The standard InChI is InChI=1S/C15H19N3OS/c16-8-12-11-4-2-1-3-5-13(11)20-15(12)18-14(19)10-6-7-17-9-10/h10,17H,1-7,9H2,(H,18,19). The van der Waals surface area contributed by atoms with Crippen molar-refractivity contribution in [1.29, 1.82) is 5.26 Å².